The summed E-state index contributed by atoms with van der Waals surface area (Å²) in [4.78, 5) is 19.9. The van der Waals surface area contributed by atoms with Gasteiger partial charge in [0, 0.05) is 44.9 Å². The van der Waals surface area contributed by atoms with Crippen molar-refractivity contribution in [2.75, 3.05) is 0 Å². The van der Waals surface area contributed by atoms with Gasteiger partial charge >= 0.3 is 5.91 Å². The number of amidine groups is 7. The van der Waals surface area contributed by atoms with Crippen LogP contribution in [-0.4, -0.2) is 71.4 Å². The summed E-state index contributed by atoms with van der Waals surface area (Å²) in [5, 5.41) is 0. The third-order valence-corrected chi connectivity index (χ3v) is 6.34. The Bertz CT molecular complexity index is 1080. The predicted molar refractivity (Wildman–Crippen MR) is 97.2 cm³/mol. The van der Waals surface area contributed by atoms with E-state index in [-0.39, 0.29) is 0 Å². The number of hydrogen-bond donors (Lipinski definition) is 0. The molecular formula is C18H20N8+4. The lowest BCUT2D eigenvalue weighted by atomic mass is 10.2. The summed E-state index contributed by atoms with van der Waals surface area (Å²) < 4.78 is 9.44. The smallest absolute Gasteiger partial charge is 0.132 e. The van der Waals surface area contributed by atoms with Crippen LogP contribution in [0.5, 0.6) is 0 Å². The zero-order chi connectivity index (χ0) is 17.0. The first-order valence-electron chi connectivity index (χ1n) is 9.72. The maximum absolute atomic E-state index is 5.06. The molecule has 7 heterocycles. The molecule has 0 unspecified atom stereocenters. The van der Waals surface area contributed by atoms with E-state index in [0.29, 0.717) is 0 Å². The summed E-state index contributed by atoms with van der Waals surface area (Å²) in [6.45, 7) is 2.22. The Kier molecular flexibility index (Phi) is 2.18. The zero-order valence-corrected chi connectivity index (χ0v) is 14.8. The molecule has 0 aromatic carbocycles. The molecule has 0 aromatic rings. The normalized spacial score (nSPS) is 32.3. The van der Waals surface area contributed by atoms with Crippen molar-refractivity contribution in [1.82, 2.24) is 0 Å². The molecule has 7 aliphatic rings. The summed E-state index contributed by atoms with van der Waals surface area (Å²) in [6, 6.07) is 0. The number of nitrogens with zero attached hydrogens (tertiary/aromatic N) is 8. The van der Waals surface area contributed by atoms with Gasteiger partial charge in [0.15, 0.2) is 0 Å². The molecule has 0 aromatic heterocycles. The second-order valence-electron chi connectivity index (χ2n) is 7.72. The second-order valence-corrected chi connectivity index (χ2v) is 7.72. The van der Waals surface area contributed by atoms with Gasteiger partial charge in [-0.1, -0.05) is 26.9 Å². The minimum absolute atomic E-state index is 0.485. The maximum Gasteiger partial charge on any atom is 0.488 e. The predicted octanol–water partition coefficient (Wildman–Crippen LogP) is 0.701. The largest absolute Gasteiger partial charge is 0.488 e. The van der Waals surface area contributed by atoms with Crippen LogP contribution in [0.3, 0.4) is 0 Å². The van der Waals surface area contributed by atoms with E-state index in [2.05, 4.69) is 25.2 Å². The maximum atomic E-state index is 5.06. The Morgan fingerprint density at radius 2 is 1.38 bits per heavy atom. The molecule has 7 aliphatic heterocycles. The van der Waals surface area contributed by atoms with Crippen LogP contribution in [0.4, 0.5) is 0 Å². The third kappa shape index (κ3) is 1.24. The molecule has 8 nitrogen and oxygen atoms in total. The van der Waals surface area contributed by atoms with Crippen molar-refractivity contribution in [3.8, 4) is 0 Å². The highest BCUT2D eigenvalue weighted by Crippen LogP contribution is 2.39. The highest BCUT2D eigenvalue weighted by atomic mass is 15.7. The van der Waals surface area contributed by atoms with Crippen LogP contribution in [0.2, 0.25) is 0 Å². The van der Waals surface area contributed by atoms with Gasteiger partial charge in [0.05, 0.1) is 0 Å². The molecule has 0 saturated carbocycles. The van der Waals surface area contributed by atoms with Crippen molar-refractivity contribution in [2.45, 2.75) is 64.2 Å². The average molecular weight is 348 g/mol. The Morgan fingerprint density at radius 3 is 2.04 bits per heavy atom. The molecule has 7 rings (SSSR count). The molecular weight excluding hydrogens is 328 g/mol. The third-order valence-electron chi connectivity index (χ3n) is 6.34. The number of hydrogen-bond acceptors (Lipinski definition) is 4. The fourth-order valence-corrected chi connectivity index (χ4v) is 5.44. The zero-order valence-electron chi connectivity index (χ0n) is 14.8. The monoisotopic (exact) mass is 348 g/mol. The standard InChI is InChI=1S/C18H20N8/c1-2-3-12-20-13-6-7-16-22-17-9-8-15-21-14-5-4-11-19-10-23(12)18(24(11)14,25(13)16)26(15)17/h10H,2-9H2,1H3/q+4/t18-/m0/s1. The number of aliphatic imine (C=N–C) groups is 4. The Labute approximate surface area is 150 Å². The van der Waals surface area contributed by atoms with Crippen molar-refractivity contribution in [1.29, 1.82) is 0 Å². The Balaban J connectivity index is 1.67. The summed E-state index contributed by atoms with van der Waals surface area (Å²) >= 11 is 0. The van der Waals surface area contributed by atoms with Crippen molar-refractivity contribution in [2.24, 2.45) is 20.0 Å². The van der Waals surface area contributed by atoms with Gasteiger partial charge in [-0.15, -0.1) is 18.3 Å². The molecule has 128 valence electrons. The van der Waals surface area contributed by atoms with Gasteiger partial charge in [-0.25, -0.2) is 0 Å². The van der Waals surface area contributed by atoms with Crippen molar-refractivity contribution < 1.29 is 18.3 Å². The van der Waals surface area contributed by atoms with E-state index < -0.39 is 5.91 Å². The molecule has 0 aliphatic carbocycles. The van der Waals surface area contributed by atoms with Crippen LogP contribution >= 0.6 is 0 Å². The van der Waals surface area contributed by atoms with E-state index in [4.69, 9.17) is 20.0 Å². The van der Waals surface area contributed by atoms with E-state index in [0.717, 1.165) is 92.2 Å². The Morgan fingerprint density at radius 1 is 0.808 bits per heavy atom. The van der Waals surface area contributed by atoms with E-state index in [1.165, 1.54) is 0 Å². The van der Waals surface area contributed by atoms with Gasteiger partial charge in [-0.2, -0.15) is 0 Å². The molecule has 0 bridgehead atoms. The van der Waals surface area contributed by atoms with Crippen molar-refractivity contribution >= 4 is 47.2 Å². The van der Waals surface area contributed by atoms with Gasteiger partial charge in [0.2, 0.25) is 6.34 Å². The molecule has 0 radical (unpaired) electrons. The minimum Gasteiger partial charge on any atom is -0.132 e. The number of rotatable bonds is 2. The van der Waals surface area contributed by atoms with E-state index in [9.17, 15) is 0 Å². The summed E-state index contributed by atoms with van der Waals surface area (Å²) in [7, 11) is 0. The Hall–Kier alpha value is -2.64. The molecule has 8 heteroatoms. The lowest BCUT2D eigenvalue weighted by Crippen LogP contribution is -2.76. The summed E-state index contributed by atoms with van der Waals surface area (Å²) in [5.74, 6) is 7.51. The van der Waals surface area contributed by atoms with Gasteiger partial charge in [0.1, 0.15) is 0 Å². The van der Waals surface area contributed by atoms with E-state index >= 15 is 0 Å². The highest BCUT2D eigenvalue weighted by molar-refractivity contribution is 6.10. The molecule has 1 spiro atoms. The average Bonchev–Trinajstić information content (AvgIpc) is 3.36. The fourth-order valence-electron chi connectivity index (χ4n) is 5.44. The van der Waals surface area contributed by atoms with Crippen LogP contribution in [0, 0.1) is 0 Å². The first-order valence-corrected chi connectivity index (χ1v) is 9.72. The van der Waals surface area contributed by atoms with Crippen LogP contribution < -0.4 is 0 Å². The van der Waals surface area contributed by atoms with Crippen LogP contribution in [0.15, 0.2) is 20.0 Å². The molecule has 0 amide bonds. The first-order chi connectivity index (χ1) is 12.8. The van der Waals surface area contributed by atoms with Gasteiger partial charge in [-0.05, 0) is 6.42 Å². The van der Waals surface area contributed by atoms with Crippen molar-refractivity contribution in [3.05, 3.63) is 0 Å². The topological polar surface area (TPSA) is 61.5 Å². The quantitative estimate of drug-likeness (QED) is 0.660. The minimum atomic E-state index is -0.485. The molecule has 1 atom stereocenters. The SMILES string of the molecule is CCCC1=NC2=[N+]3C(=NC4=[N+]5C(=NC6=[N+]7C(=NC=[N+]1[C@@]375)CC6)CC4)CC2. The van der Waals surface area contributed by atoms with Crippen LogP contribution in [0.25, 0.3) is 0 Å². The first kappa shape index (κ1) is 13.5. The molecule has 0 N–H and O–H groups in total. The van der Waals surface area contributed by atoms with Gasteiger partial charge < -0.3 is 0 Å². The second kappa shape index (κ2) is 4.19. The van der Waals surface area contributed by atoms with E-state index in [1.54, 1.807) is 0 Å². The fraction of sp³-hybridized carbons (Fsp3) is 0.556. The van der Waals surface area contributed by atoms with Gasteiger partial charge in [-0.3, -0.25) is 0 Å². The van der Waals surface area contributed by atoms with Crippen LogP contribution in [-0.2, 0) is 0 Å². The highest BCUT2D eigenvalue weighted by Gasteiger charge is 2.73. The summed E-state index contributed by atoms with van der Waals surface area (Å²) in [5.41, 5.74) is 0. The lowest BCUT2D eigenvalue weighted by molar-refractivity contribution is -1.06. The van der Waals surface area contributed by atoms with Gasteiger partial charge in [0.25, 0.3) is 40.8 Å². The molecule has 0 fully saturated rings. The van der Waals surface area contributed by atoms with Crippen molar-refractivity contribution in [3.63, 3.8) is 0 Å². The molecule has 26 heavy (non-hydrogen) atoms. The van der Waals surface area contributed by atoms with E-state index in [1.807, 2.05) is 6.34 Å². The lowest BCUT2D eigenvalue weighted by Gasteiger charge is -2.38. The summed E-state index contributed by atoms with van der Waals surface area (Å²) in [6.07, 6.45) is 9.81. The van der Waals surface area contributed by atoms with Crippen LogP contribution in [0.1, 0.15) is 58.3 Å². The molecule has 0 saturated heterocycles.